The van der Waals surface area contributed by atoms with Crippen LogP contribution in [0.1, 0.15) is 11.3 Å². The molecule has 30 heavy (non-hydrogen) atoms. The van der Waals surface area contributed by atoms with Crippen LogP contribution in [0.3, 0.4) is 0 Å². The van der Waals surface area contributed by atoms with E-state index in [1.54, 1.807) is 23.3 Å². The number of carbonyl (C=O) groups is 1. The molecule has 2 aromatic heterocycles. The van der Waals surface area contributed by atoms with Gasteiger partial charge in [0.1, 0.15) is 25.0 Å². The Balaban J connectivity index is 1.36. The minimum Gasteiger partial charge on any atom is -0.487 e. The molecule has 7 heteroatoms. The lowest BCUT2D eigenvalue weighted by Crippen LogP contribution is -2.10. The number of hydrogen-bond acceptors (Lipinski definition) is 5. The third-order valence-corrected chi connectivity index (χ3v) is 4.25. The van der Waals surface area contributed by atoms with Crippen LogP contribution in [0.2, 0.25) is 0 Å². The summed E-state index contributed by atoms with van der Waals surface area (Å²) in [6.45, 7) is 0.406. The molecule has 148 valence electrons. The van der Waals surface area contributed by atoms with Crippen LogP contribution in [0.15, 0.2) is 91.7 Å². The monoisotopic (exact) mass is 397 g/mol. The number of nitrogens with zero attached hydrogens (tertiary/aromatic N) is 4. The standard InChI is InChI=1S/C23H19N5O2/c29-23(27-21-6-1-2-7-22(21)28-17-24-16-26-28)13-10-18-8-11-20(12-9-18)30-15-19-5-3-4-14-25-19/h1-14,16-17H,15H2,(H,27,29)/b13-10+. The Labute approximate surface area is 173 Å². The topological polar surface area (TPSA) is 81.9 Å². The largest absolute Gasteiger partial charge is 0.487 e. The van der Waals surface area contributed by atoms with Crippen LogP contribution in [-0.4, -0.2) is 25.7 Å². The van der Waals surface area contributed by atoms with E-state index in [1.165, 1.54) is 12.4 Å². The van der Waals surface area contributed by atoms with Gasteiger partial charge in [0.05, 0.1) is 17.1 Å². The Morgan fingerprint density at radius 1 is 1.03 bits per heavy atom. The van der Waals surface area contributed by atoms with E-state index in [2.05, 4.69) is 20.4 Å². The predicted molar refractivity (Wildman–Crippen MR) is 114 cm³/mol. The molecule has 1 amide bonds. The van der Waals surface area contributed by atoms with E-state index >= 15 is 0 Å². The molecule has 0 atom stereocenters. The van der Waals surface area contributed by atoms with Crippen molar-refractivity contribution in [3.8, 4) is 11.4 Å². The number of carbonyl (C=O) groups excluding carboxylic acids is 1. The molecule has 0 aliphatic carbocycles. The summed E-state index contributed by atoms with van der Waals surface area (Å²) in [6.07, 6.45) is 8.00. The zero-order valence-corrected chi connectivity index (χ0v) is 16.1. The zero-order chi connectivity index (χ0) is 20.6. The quantitative estimate of drug-likeness (QED) is 0.479. The van der Waals surface area contributed by atoms with E-state index < -0.39 is 0 Å². The molecule has 0 aliphatic heterocycles. The average Bonchev–Trinajstić information content (AvgIpc) is 3.33. The Bertz CT molecular complexity index is 1120. The molecule has 0 bridgehead atoms. The summed E-state index contributed by atoms with van der Waals surface area (Å²) in [5.74, 6) is 0.502. The third-order valence-electron chi connectivity index (χ3n) is 4.25. The third kappa shape index (κ3) is 4.96. The molecule has 2 aromatic carbocycles. The molecular formula is C23H19N5O2. The fraction of sp³-hybridized carbons (Fsp3) is 0.0435. The van der Waals surface area contributed by atoms with E-state index in [4.69, 9.17) is 4.74 Å². The highest BCUT2D eigenvalue weighted by Crippen LogP contribution is 2.19. The van der Waals surface area contributed by atoms with Crippen LogP contribution in [-0.2, 0) is 11.4 Å². The lowest BCUT2D eigenvalue weighted by atomic mass is 10.2. The molecule has 0 radical (unpaired) electrons. The number of anilines is 1. The molecule has 2 heterocycles. The average molecular weight is 397 g/mol. The van der Waals surface area contributed by atoms with Gasteiger partial charge in [-0.3, -0.25) is 9.78 Å². The predicted octanol–water partition coefficient (Wildman–Crippen LogP) is 3.89. The van der Waals surface area contributed by atoms with E-state index in [1.807, 2.05) is 66.7 Å². The van der Waals surface area contributed by atoms with Crippen LogP contribution in [0.25, 0.3) is 11.8 Å². The minimum absolute atomic E-state index is 0.238. The fourth-order valence-corrected chi connectivity index (χ4v) is 2.77. The first-order chi connectivity index (χ1) is 14.8. The van der Waals surface area contributed by atoms with Gasteiger partial charge < -0.3 is 10.1 Å². The molecule has 4 rings (SSSR count). The summed E-state index contributed by atoms with van der Waals surface area (Å²) in [6, 6.07) is 20.6. The molecule has 0 spiro atoms. The second-order valence-corrected chi connectivity index (χ2v) is 6.36. The highest BCUT2D eigenvalue weighted by molar-refractivity contribution is 6.03. The number of benzene rings is 2. The van der Waals surface area contributed by atoms with Gasteiger partial charge in [-0.25, -0.2) is 9.67 Å². The first kappa shape index (κ1) is 19.1. The van der Waals surface area contributed by atoms with Gasteiger partial charge in [0.25, 0.3) is 0 Å². The van der Waals surface area contributed by atoms with Gasteiger partial charge >= 0.3 is 0 Å². The lowest BCUT2D eigenvalue weighted by Gasteiger charge is -2.09. The van der Waals surface area contributed by atoms with Crippen molar-refractivity contribution in [2.24, 2.45) is 0 Å². The summed E-state index contributed by atoms with van der Waals surface area (Å²) >= 11 is 0. The summed E-state index contributed by atoms with van der Waals surface area (Å²) in [5.41, 5.74) is 3.14. The van der Waals surface area contributed by atoms with Gasteiger partial charge in [-0.05, 0) is 48.0 Å². The maximum absolute atomic E-state index is 12.4. The second-order valence-electron chi connectivity index (χ2n) is 6.36. The molecule has 4 aromatic rings. The summed E-state index contributed by atoms with van der Waals surface area (Å²) < 4.78 is 7.32. The molecule has 7 nitrogen and oxygen atoms in total. The summed E-state index contributed by atoms with van der Waals surface area (Å²) in [5, 5.41) is 6.98. The Morgan fingerprint density at radius 2 is 1.87 bits per heavy atom. The van der Waals surface area contributed by atoms with Gasteiger partial charge in [-0.2, -0.15) is 5.10 Å². The van der Waals surface area contributed by atoms with Gasteiger partial charge in [0.15, 0.2) is 0 Å². The van der Waals surface area contributed by atoms with E-state index in [0.717, 1.165) is 22.7 Å². The Hall–Kier alpha value is -4.26. The van der Waals surface area contributed by atoms with Crippen molar-refractivity contribution in [2.75, 3.05) is 5.32 Å². The smallest absolute Gasteiger partial charge is 0.248 e. The molecule has 0 saturated carbocycles. The van der Waals surface area contributed by atoms with E-state index in [0.29, 0.717) is 12.3 Å². The highest BCUT2D eigenvalue weighted by Gasteiger charge is 2.06. The maximum atomic E-state index is 12.4. The number of pyridine rings is 1. The molecule has 0 aliphatic rings. The molecule has 0 fully saturated rings. The van der Waals surface area contributed by atoms with Crippen molar-refractivity contribution in [1.29, 1.82) is 0 Å². The second kappa shape index (κ2) is 9.29. The fourth-order valence-electron chi connectivity index (χ4n) is 2.77. The molecule has 1 N–H and O–H groups in total. The first-order valence-electron chi connectivity index (χ1n) is 9.34. The zero-order valence-electron chi connectivity index (χ0n) is 16.1. The number of aromatic nitrogens is 4. The number of ether oxygens (including phenoxy) is 1. The van der Waals surface area contributed by atoms with Crippen molar-refractivity contribution in [3.05, 3.63) is 103 Å². The number of hydrogen-bond donors (Lipinski definition) is 1. The van der Waals surface area contributed by atoms with Crippen LogP contribution in [0, 0.1) is 0 Å². The highest BCUT2D eigenvalue weighted by atomic mass is 16.5. The van der Waals surface area contributed by atoms with Gasteiger partial charge in [-0.1, -0.05) is 30.3 Å². The van der Waals surface area contributed by atoms with Gasteiger partial charge in [-0.15, -0.1) is 0 Å². The van der Waals surface area contributed by atoms with Crippen molar-refractivity contribution in [2.45, 2.75) is 6.61 Å². The number of para-hydroxylation sites is 2. The SMILES string of the molecule is O=C(/C=C/c1ccc(OCc2ccccn2)cc1)Nc1ccccc1-n1cncn1. The van der Waals surface area contributed by atoms with Gasteiger partial charge in [0, 0.05) is 12.3 Å². The van der Waals surface area contributed by atoms with Crippen LogP contribution >= 0.6 is 0 Å². The minimum atomic E-state index is -0.238. The van der Waals surface area contributed by atoms with Crippen LogP contribution in [0.5, 0.6) is 5.75 Å². The molecular weight excluding hydrogens is 378 g/mol. The van der Waals surface area contributed by atoms with Crippen LogP contribution in [0.4, 0.5) is 5.69 Å². The van der Waals surface area contributed by atoms with Crippen molar-refractivity contribution in [3.63, 3.8) is 0 Å². The van der Waals surface area contributed by atoms with E-state index in [9.17, 15) is 4.79 Å². The Morgan fingerprint density at radius 3 is 2.63 bits per heavy atom. The normalized spacial score (nSPS) is 10.8. The summed E-state index contributed by atoms with van der Waals surface area (Å²) in [7, 11) is 0. The number of amides is 1. The number of rotatable bonds is 7. The van der Waals surface area contributed by atoms with Crippen LogP contribution < -0.4 is 10.1 Å². The Kier molecular flexibility index (Phi) is 5.91. The van der Waals surface area contributed by atoms with Crippen molar-refractivity contribution < 1.29 is 9.53 Å². The molecule has 0 saturated heterocycles. The van der Waals surface area contributed by atoms with Gasteiger partial charge in [0.2, 0.25) is 5.91 Å². The first-order valence-corrected chi connectivity index (χ1v) is 9.34. The lowest BCUT2D eigenvalue weighted by molar-refractivity contribution is -0.111. The van der Waals surface area contributed by atoms with Crippen molar-refractivity contribution in [1.82, 2.24) is 19.7 Å². The maximum Gasteiger partial charge on any atom is 0.248 e. The van der Waals surface area contributed by atoms with Crippen molar-refractivity contribution >= 4 is 17.7 Å². The summed E-state index contributed by atoms with van der Waals surface area (Å²) in [4.78, 5) is 20.5. The number of nitrogens with one attached hydrogen (secondary N) is 1. The molecule has 0 unspecified atom stereocenters. The van der Waals surface area contributed by atoms with E-state index in [-0.39, 0.29) is 5.91 Å².